The Bertz CT molecular complexity index is 624. The fourth-order valence-corrected chi connectivity index (χ4v) is 2.89. The predicted molar refractivity (Wildman–Crippen MR) is 86.6 cm³/mol. The van der Waals surface area contributed by atoms with Crippen LogP contribution in [0.5, 0.6) is 0 Å². The highest BCUT2D eigenvalue weighted by atomic mass is 15.3. The van der Waals surface area contributed by atoms with E-state index in [9.17, 15) is 0 Å². The maximum absolute atomic E-state index is 4.52. The summed E-state index contributed by atoms with van der Waals surface area (Å²) >= 11 is 0. The van der Waals surface area contributed by atoms with Gasteiger partial charge in [-0.25, -0.2) is 0 Å². The molecular weight excluding hydrogens is 260 g/mol. The highest BCUT2D eigenvalue weighted by Crippen LogP contribution is 2.27. The zero-order valence-corrected chi connectivity index (χ0v) is 12.9. The molecule has 1 N–H and O–H groups in total. The van der Waals surface area contributed by atoms with E-state index < -0.39 is 0 Å². The molecule has 1 atom stereocenters. The van der Waals surface area contributed by atoms with Crippen molar-refractivity contribution in [3.8, 4) is 11.3 Å². The standard InChI is InChI=1S/C17H22N4/c1-12-11-21(10-9-18-12)17-14(3)13(2)16(19-20-17)15-7-5-4-6-8-15/h4-8,12,18H,9-11H2,1-3H3. The minimum Gasteiger partial charge on any atom is -0.352 e. The maximum Gasteiger partial charge on any atom is 0.154 e. The van der Waals surface area contributed by atoms with Crippen molar-refractivity contribution >= 4 is 5.82 Å². The van der Waals surface area contributed by atoms with Gasteiger partial charge in [0.2, 0.25) is 0 Å². The third-order valence-electron chi connectivity index (χ3n) is 4.21. The normalized spacial score (nSPS) is 18.8. The van der Waals surface area contributed by atoms with Crippen LogP contribution in [-0.4, -0.2) is 35.9 Å². The van der Waals surface area contributed by atoms with Crippen LogP contribution in [0.3, 0.4) is 0 Å². The second kappa shape index (κ2) is 5.82. The molecule has 0 radical (unpaired) electrons. The van der Waals surface area contributed by atoms with Gasteiger partial charge in [-0.15, -0.1) is 10.2 Å². The fourth-order valence-electron chi connectivity index (χ4n) is 2.89. The van der Waals surface area contributed by atoms with Gasteiger partial charge in [0, 0.05) is 31.2 Å². The van der Waals surface area contributed by atoms with Crippen LogP contribution in [0.25, 0.3) is 11.3 Å². The van der Waals surface area contributed by atoms with Crippen LogP contribution in [0.15, 0.2) is 30.3 Å². The summed E-state index contributed by atoms with van der Waals surface area (Å²) in [7, 11) is 0. The van der Waals surface area contributed by atoms with Crippen molar-refractivity contribution in [1.82, 2.24) is 15.5 Å². The number of aromatic nitrogens is 2. The predicted octanol–water partition coefficient (Wildman–Crippen LogP) is 2.56. The number of nitrogens with zero attached hydrogens (tertiary/aromatic N) is 3. The van der Waals surface area contributed by atoms with E-state index in [1.807, 2.05) is 18.2 Å². The first-order valence-electron chi connectivity index (χ1n) is 7.54. The molecule has 4 heteroatoms. The number of anilines is 1. The molecule has 1 aromatic heterocycles. The van der Waals surface area contributed by atoms with Crippen molar-refractivity contribution in [3.63, 3.8) is 0 Å². The molecule has 0 aliphatic carbocycles. The van der Waals surface area contributed by atoms with Gasteiger partial charge in [0.25, 0.3) is 0 Å². The van der Waals surface area contributed by atoms with Gasteiger partial charge in [-0.3, -0.25) is 0 Å². The number of hydrogen-bond acceptors (Lipinski definition) is 4. The first-order chi connectivity index (χ1) is 10.2. The average Bonchev–Trinajstić information content (AvgIpc) is 2.51. The van der Waals surface area contributed by atoms with Crippen LogP contribution in [0.4, 0.5) is 5.82 Å². The Morgan fingerprint density at radius 1 is 1.10 bits per heavy atom. The summed E-state index contributed by atoms with van der Waals surface area (Å²) < 4.78 is 0. The molecule has 0 spiro atoms. The van der Waals surface area contributed by atoms with Gasteiger partial charge in [0.05, 0.1) is 5.69 Å². The third-order valence-corrected chi connectivity index (χ3v) is 4.21. The molecule has 1 aliphatic heterocycles. The van der Waals surface area contributed by atoms with Crippen molar-refractivity contribution in [3.05, 3.63) is 41.5 Å². The van der Waals surface area contributed by atoms with E-state index in [1.165, 1.54) is 11.1 Å². The van der Waals surface area contributed by atoms with Crippen molar-refractivity contribution in [2.24, 2.45) is 0 Å². The quantitative estimate of drug-likeness (QED) is 0.919. The summed E-state index contributed by atoms with van der Waals surface area (Å²) in [6, 6.07) is 10.8. The lowest BCUT2D eigenvalue weighted by molar-refractivity contribution is 0.480. The molecule has 3 rings (SSSR count). The van der Waals surface area contributed by atoms with Crippen molar-refractivity contribution < 1.29 is 0 Å². The molecule has 1 unspecified atom stereocenters. The summed E-state index contributed by atoms with van der Waals surface area (Å²) in [5, 5.41) is 12.5. The second-order valence-electron chi connectivity index (χ2n) is 5.79. The van der Waals surface area contributed by atoms with Crippen LogP contribution in [-0.2, 0) is 0 Å². The SMILES string of the molecule is Cc1c(-c2ccccc2)nnc(N2CCNC(C)C2)c1C. The van der Waals surface area contributed by atoms with Gasteiger partial charge in [-0.1, -0.05) is 30.3 Å². The number of piperazine rings is 1. The van der Waals surface area contributed by atoms with E-state index in [1.54, 1.807) is 0 Å². The van der Waals surface area contributed by atoms with Gasteiger partial charge in [-0.2, -0.15) is 0 Å². The topological polar surface area (TPSA) is 41.1 Å². The van der Waals surface area contributed by atoms with E-state index in [-0.39, 0.29) is 0 Å². The van der Waals surface area contributed by atoms with Gasteiger partial charge >= 0.3 is 0 Å². The Hall–Kier alpha value is -1.94. The highest BCUT2D eigenvalue weighted by Gasteiger charge is 2.21. The number of hydrogen-bond donors (Lipinski definition) is 1. The molecule has 1 saturated heterocycles. The highest BCUT2D eigenvalue weighted by molar-refractivity contribution is 5.66. The number of rotatable bonds is 2. The molecule has 1 fully saturated rings. The summed E-state index contributed by atoms with van der Waals surface area (Å²) in [4.78, 5) is 2.34. The van der Waals surface area contributed by atoms with E-state index in [0.717, 1.165) is 36.7 Å². The summed E-state index contributed by atoms with van der Waals surface area (Å²) in [5.74, 6) is 1.03. The summed E-state index contributed by atoms with van der Waals surface area (Å²) in [6.45, 7) is 9.48. The Balaban J connectivity index is 1.97. The second-order valence-corrected chi connectivity index (χ2v) is 5.79. The third kappa shape index (κ3) is 2.76. The van der Waals surface area contributed by atoms with E-state index in [4.69, 9.17) is 0 Å². The molecule has 110 valence electrons. The first-order valence-corrected chi connectivity index (χ1v) is 7.54. The largest absolute Gasteiger partial charge is 0.352 e. The van der Waals surface area contributed by atoms with Crippen molar-refractivity contribution in [2.45, 2.75) is 26.8 Å². The van der Waals surface area contributed by atoms with E-state index >= 15 is 0 Å². The maximum atomic E-state index is 4.52. The van der Waals surface area contributed by atoms with Crippen LogP contribution in [0.2, 0.25) is 0 Å². The van der Waals surface area contributed by atoms with Crippen LogP contribution in [0.1, 0.15) is 18.1 Å². The molecule has 1 aliphatic rings. The van der Waals surface area contributed by atoms with Crippen LogP contribution >= 0.6 is 0 Å². The fraction of sp³-hybridized carbons (Fsp3) is 0.412. The zero-order chi connectivity index (χ0) is 14.8. The lowest BCUT2D eigenvalue weighted by atomic mass is 10.0. The number of nitrogens with one attached hydrogen (secondary N) is 1. The summed E-state index contributed by atoms with van der Waals surface area (Å²) in [5.41, 5.74) is 4.57. The molecule has 0 amide bonds. The zero-order valence-electron chi connectivity index (χ0n) is 12.9. The molecule has 0 saturated carbocycles. The minimum absolute atomic E-state index is 0.494. The first kappa shape index (κ1) is 14.0. The minimum atomic E-state index is 0.494. The molecule has 0 bridgehead atoms. The van der Waals surface area contributed by atoms with Crippen LogP contribution in [0, 0.1) is 13.8 Å². The monoisotopic (exact) mass is 282 g/mol. The van der Waals surface area contributed by atoms with Gasteiger partial charge in [-0.05, 0) is 31.9 Å². The smallest absolute Gasteiger partial charge is 0.154 e. The Kier molecular flexibility index (Phi) is 3.88. The molecular formula is C17H22N4. The molecule has 4 nitrogen and oxygen atoms in total. The molecule has 2 aromatic rings. The lowest BCUT2D eigenvalue weighted by Crippen LogP contribution is -2.49. The molecule has 21 heavy (non-hydrogen) atoms. The Morgan fingerprint density at radius 2 is 1.86 bits per heavy atom. The van der Waals surface area contributed by atoms with Crippen molar-refractivity contribution in [1.29, 1.82) is 0 Å². The van der Waals surface area contributed by atoms with Gasteiger partial charge < -0.3 is 10.2 Å². The molecule has 2 heterocycles. The van der Waals surface area contributed by atoms with Gasteiger partial charge in [0.1, 0.15) is 0 Å². The Labute approximate surface area is 126 Å². The van der Waals surface area contributed by atoms with Gasteiger partial charge in [0.15, 0.2) is 5.82 Å². The summed E-state index contributed by atoms with van der Waals surface area (Å²) in [6.07, 6.45) is 0. The average molecular weight is 282 g/mol. The van der Waals surface area contributed by atoms with E-state index in [2.05, 4.69) is 53.3 Å². The van der Waals surface area contributed by atoms with Crippen LogP contribution < -0.4 is 10.2 Å². The van der Waals surface area contributed by atoms with E-state index in [0.29, 0.717) is 6.04 Å². The lowest BCUT2D eigenvalue weighted by Gasteiger charge is -2.33. The Morgan fingerprint density at radius 3 is 2.57 bits per heavy atom. The molecule has 1 aromatic carbocycles. The van der Waals surface area contributed by atoms with Crippen molar-refractivity contribution in [2.75, 3.05) is 24.5 Å². The number of benzene rings is 1.